The Balaban J connectivity index is 2.88. The molecule has 1 aromatic rings. The second-order valence-corrected chi connectivity index (χ2v) is 4.99. The number of carbonyl (C=O) groups is 2. The maximum Gasteiger partial charge on any atom is 0.448 e. The number of ether oxygens (including phenoxy) is 3. The van der Waals surface area contributed by atoms with E-state index in [4.69, 9.17) is 4.74 Å². The molecule has 1 rings (SSSR count). The summed E-state index contributed by atoms with van der Waals surface area (Å²) in [5.74, 6) is -1.15. The molecule has 0 bridgehead atoms. The number of carbonyl (C=O) groups excluding carboxylic acids is 2. The van der Waals surface area contributed by atoms with Gasteiger partial charge in [-0.3, -0.25) is 5.32 Å². The molecule has 0 unspecified atom stereocenters. The summed E-state index contributed by atoms with van der Waals surface area (Å²) in [6.07, 6.45) is -5.22. The monoisotopic (exact) mass is 378 g/mol. The number of methoxy groups -OCH3 is 1. The van der Waals surface area contributed by atoms with Crippen LogP contribution in [-0.2, 0) is 20.8 Å². The predicted octanol–water partition coefficient (Wildman–Crippen LogP) is 2.35. The van der Waals surface area contributed by atoms with Crippen LogP contribution in [0.25, 0.3) is 0 Å². The lowest BCUT2D eigenvalue weighted by molar-refractivity contribution is -0.283. The number of rotatable bonds is 8. The van der Waals surface area contributed by atoms with Crippen LogP contribution >= 0.6 is 0 Å². The van der Waals surface area contributed by atoms with E-state index in [2.05, 4.69) is 14.8 Å². The quantitative estimate of drug-likeness (QED) is 0.536. The number of nitrogens with one attached hydrogen (secondary N) is 2. The minimum absolute atomic E-state index is 0.0707. The predicted molar refractivity (Wildman–Crippen MR) is 85.4 cm³/mol. The van der Waals surface area contributed by atoms with Crippen LogP contribution in [0.5, 0.6) is 5.75 Å². The molecule has 2 amide bonds. The van der Waals surface area contributed by atoms with Crippen molar-refractivity contribution in [3.8, 4) is 5.75 Å². The van der Waals surface area contributed by atoms with E-state index in [9.17, 15) is 22.8 Å². The lowest BCUT2D eigenvalue weighted by Crippen LogP contribution is -2.67. The third kappa shape index (κ3) is 5.25. The molecule has 146 valence electrons. The van der Waals surface area contributed by atoms with Crippen molar-refractivity contribution in [3.05, 3.63) is 29.8 Å². The zero-order chi connectivity index (χ0) is 19.8. The van der Waals surface area contributed by atoms with Crippen molar-refractivity contribution in [2.75, 3.05) is 20.3 Å². The van der Waals surface area contributed by atoms with Crippen molar-refractivity contribution >= 4 is 12.0 Å². The van der Waals surface area contributed by atoms with Gasteiger partial charge in [0.2, 0.25) is 0 Å². The number of esters is 1. The van der Waals surface area contributed by atoms with Gasteiger partial charge in [0, 0.05) is 13.2 Å². The molecule has 0 saturated carbocycles. The van der Waals surface area contributed by atoms with Crippen LogP contribution in [0.2, 0.25) is 0 Å². The van der Waals surface area contributed by atoms with Crippen LogP contribution < -0.4 is 15.4 Å². The van der Waals surface area contributed by atoms with Crippen LogP contribution in [0.4, 0.5) is 18.0 Å². The SMILES string of the molecule is CCOC(=O)[C@@](NC(=O)NCc1ccc(OC)cc1)(OCC)C(F)(F)F. The number of halogens is 3. The minimum Gasteiger partial charge on any atom is -0.497 e. The Bertz CT molecular complexity index is 607. The molecular formula is C16H21F3N2O5. The molecule has 0 fully saturated rings. The zero-order valence-corrected chi connectivity index (χ0v) is 14.6. The lowest BCUT2D eigenvalue weighted by Gasteiger charge is -2.33. The molecule has 0 heterocycles. The summed E-state index contributed by atoms with van der Waals surface area (Å²) in [7, 11) is 1.49. The van der Waals surface area contributed by atoms with Gasteiger partial charge in [0.1, 0.15) is 5.75 Å². The first-order valence-electron chi connectivity index (χ1n) is 7.77. The fourth-order valence-corrected chi connectivity index (χ4v) is 1.99. The van der Waals surface area contributed by atoms with E-state index in [-0.39, 0.29) is 13.2 Å². The van der Waals surface area contributed by atoms with Gasteiger partial charge in [-0.25, -0.2) is 9.59 Å². The first kappa shape index (κ1) is 21.6. The molecule has 26 heavy (non-hydrogen) atoms. The van der Waals surface area contributed by atoms with E-state index < -0.39 is 30.5 Å². The average molecular weight is 378 g/mol. The summed E-state index contributed by atoms with van der Waals surface area (Å²) in [6.45, 7) is 1.75. The number of hydrogen-bond acceptors (Lipinski definition) is 5. The smallest absolute Gasteiger partial charge is 0.448 e. The van der Waals surface area contributed by atoms with Gasteiger partial charge in [0.15, 0.2) is 0 Å². The molecule has 0 radical (unpaired) electrons. The van der Waals surface area contributed by atoms with Crippen molar-refractivity contribution in [1.82, 2.24) is 10.6 Å². The zero-order valence-electron chi connectivity index (χ0n) is 14.6. The van der Waals surface area contributed by atoms with Crippen LogP contribution in [0.3, 0.4) is 0 Å². The van der Waals surface area contributed by atoms with Crippen LogP contribution in [0, 0.1) is 0 Å². The van der Waals surface area contributed by atoms with Gasteiger partial charge in [0.05, 0.1) is 13.7 Å². The van der Waals surface area contributed by atoms with Crippen molar-refractivity contribution < 1.29 is 37.0 Å². The van der Waals surface area contributed by atoms with Gasteiger partial charge >= 0.3 is 23.9 Å². The van der Waals surface area contributed by atoms with Crippen molar-refractivity contribution in [1.29, 1.82) is 0 Å². The average Bonchev–Trinajstić information content (AvgIpc) is 2.59. The summed E-state index contributed by atoms with van der Waals surface area (Å²) in [6, 6.07) is 5.29. The van der Waals surface area contributed by atoms with E-state index in [1.54, 1.807) is 29.6 Å². The molecule has 0 aromatic heterocycles. The van der Waals surface area contributed by atoms with Crippen LogP contribution in [-0.4, -0.2) is 44.2 Å². The molecule has 0 saturated heterocycles. The summed E-state index contributed by atoms with van der Waals surface area (Å²) in [5.41, 5.74) is -2.96. The number of amides is 2. The van der Waals surface area contributed by atoms with Gasteiger partial charge in [0.25, 0.3) is 0 Å². The summed E-state index contributed by atoms with van der Waals surface area (Å²) < 4.78 is 54.4. The van der Waals surface area contributed by atoms with Gasteiger partial charge in [-0.05, 0) is 31.5 Å². The third-order valence-electron chi connectivity index (χ3n) is 3.22. The highest BCUT2D eigenvalue weighted by atomic mass is 19.4. The largest absolute Gasteiger partial charge is 0.497 e. The number of hydrogen-bond donors (Lipinski definition) is 2. The van der Waals surface area contributed by atoms with E-state index >= 15 is 0 Å². The van der Waals surface area contributed by atoms with E-state index in [1.807, 2.05) is 0 Å². The Morgan fingerprint density at radius 1 is 1.08 bits per heavy atom. The standard InChI is InChI=1S/C16H21F3N2O5/c1-4-25-13(22)15(26-5-2,16(17,18)19)21-14(23)20-10-11-6-8-12(24-3)9-7-11/h6-9H,4-5,10H2,1-3H3,(H2,20,21,23)/t15-/m1/s1. The maximum atomic E-state index is 13.5. The Kier molecular flexibility index (Phi) is 7.69. The summed E-state index contributed by atoms with van der Waals surface area (Å²) >= 11 is 0. The molecule has 0 spiro atoms. The van der Waals surface area contributed by atoms with Crippen LogP contribution in [0.15, 0.2) is 24.3 Å². The summed E-state index contributed by atoms with van der Waals surface area (Å²) in [5, 5.41) is 3.79. The summed E-state index contributed by atoms with van der Waals surface area (Å²) in [4.78, 5) is 23.8. The molecule has 0 aliphatic rings. The molecule has 2 N–H and O–H groups in total. The highest BCUT2D eigenvalue weighted by Crippen LogP contribution is 2.33. The molecular weight excluding hydrogens is 357 g/mol. The number of urea groups is 1. The second kappa shape index (κ2) is 9.27. The highest BCUT2D eigenvalue weighted by Gasteiger charge is 2.64. The Labute approximate surface area is 148 Å². The number of benzene rings is 1. The normalized spacial score (nSPS) is 13.5. The van der Waals surface area contributed by atoms with Gasteiger partial charge in [-0.2, -0.15) is 13.2 Å². The molecule has 0 aliphatic heterocycles. The Hall–Kier alpha value is -2.49. The van der Waals surface area contributed by atoms with Crippen LogP contribution in [0.1, 0.15) is 19.4 Å². The highest BCUT2D eigenvalue weighted by molar-refractivity contribution is 5.87. The third-order valence-corrected chi connectivity index (χ3v) is 3.22. The van der Waals surface area contributed by atoms with E-state index in [0.29, 0.717) is 11.3 Å². The van der Waals surface area contributed by atoms with Crippen molar-refractivity contribution in [3.63, 3.8) is 0 Å². The van der Waals surface area contributed by atoms with E-state index in [0.717, 1.165) is 0 Å². The second-order valence-electron chi connectivity index (χ2n) is 4.99. The Morgan fingerprint density at radius 2 is 1.69 bits per heavy atom. The fraction of sp³-hybridized carbons (Fsp3) is 0.500. The first-order valence-corrected chi connectivity index (χ1v) is 7.77. The molecule has 0 aliphatic carbocycles. The van der Waals surface area contributed by atoms with E-state index in [1.165, 1.54) is 21.0 Å². The maximum absolute atomic E-state index is 13.5. The molecule has 7 nitrogen and oxygen atoms in total. The molecule has 1 aromatic carbocycles. The van der Waals surface area contributed by atoms with Gasteiger partial charge in [-0.1, -0.05) is 12.1 Å². The molecule has 10 heteroatoms. The minimum atomic E-state index is -5.22. The van der Waals surface area contributed by atoms with Crippen molar-refractivity contribution in [2.24, 2.45) is 0 Å². The lowest BCUT2D eigenvalue weighted by atomic mass is 10.2. The molecule has 1 atom stereocenters. The van der Waals surface area contributed by atoms with Gasteiger partial charge in [-0.15, -0.1) is 0 Å². The number of alkyl halides is 3. The van der Waals surface area contributed by atoms with Gasteiger partial charge < -0.3 is 19.5 Å². The Morgan fingerprint density at radius 3 is 2.15 bits per heavy atom. The first-order chi connectivity index (χ1) is 12.2. The van der Waals surface area contributed by atoms with Crippen molar-refractivity contribution in [2.45, 2.75) is 32.3 Å². The fourth-order valence-electron chi connectivity index (χ4n) is 1.99. The topological polar surface area (TPSA) is 85.9 Å².